The maximum Gasteiger partial charge on any atom is 0.227 e. The lowest BCUT2D eigenvalue weighted by Crippen LogP contribution is -2.36. The number of hydrogen-bond acceptors (Lipinski definition) is 3. The van der Waals surface area contributed by atoms with E-state index in [-0.39, 0.29) is 36.3 Å². The van der Waals surface area contributed by atoms with Crippen LogP contribution >= 0.6 is 0 Å². The first-order valence-electron chi connectivity index (χ1n) is 8.67. The monoisotopic (exact) mass is 408 g/mol. The molecule has 150 valence electrons. The zero-order chi connectivity index (χ0) is 20.7. The molecule has 0 unspecified atom stereocenters. The maximum absolute atomic E-state index is 14.1. The zero-order valence-corrected chi connectivity index (χ0v) is 14.8. The Hall–Kier alpha value is -3.23. The van der Waals surface area contributed by atoms with E-state index in [2.05, 4.69) is 5.16 Å². The van der Waals surface area contributed by atoms with E-state index in [0.717, 1.165) is 24.3 Å². The van der Waals surface area contributed by atoms with Crippen LogP contribution in [0.15, 0.2) is 34.9 Å². The standard InChI is InChI=1S/C20H13F5N2O2/c21-11-1-2-12(14(22)8-11)20-13-9-27(4-3-17(13)29-26-20)18(28)7-10-5-15(23)19(25)16(24)6-10/h1-2,5-6,8H,3-4,7,9H2. The molecule has 2 aromatic carbocycles. The van der Waals surface area contributed by atoms with Crippen LogP contribution in [0.1, 0.15) is 16.9 Å². The Bertz CT molecular complexity index is 1090. The van der Waals surface area contributed by atoms with Gasteiger partial charge in [-0.1, -0.05) is 5.16 Å². The van der Waals surface area contributed by atoms with Crippen LogP contribution in [0.2, 0.25) is 0 Å². The first-order valence-corrected chi connectivity index (χ1v) is 8.67. The second-order valence-corrected chi connectivity index (χ2v) is 6.67. The lowest BCUT2D eigenvalue weighted by molar-refractivity contribution is -0.131. The summed E-state index contributed by atoms with van der Waals surface area (Å²) >= 11 is 0. The minimum atomic E-state index is -1.60. The van der Waals surface area contributed by atoms with Gasteiger partial charge < -0.3 is 9.42 Å². The minimum Gasteiger partial charge on any atom is -0.360 e. The van der Waals surface area contributed by atoms with Gasteiger partial charge in [0.1, 0.15) is 23.1 Å². The second kappa shape index (κ2) is 7.31. The van der Waals surface area contributed by atoms with E-state index in [0.29, 0.717) is 17.7 Å². The van der Waals surface area contributed by atoms with Crippen LogP contribution in [-0.2, 0) is 24.2 Å². The van der Waals surface area contributed by atoms with Crippen molar-refractivity contribution in [3.8, 4) is 11.3 Å². The fraction of sp³-hybridized carbons (Fsp3) is 0.200. The number of benzene rings is 2. The molecule has 2 heterocycles. The van der Waals surface area contributed by atoms with Crippen molar-refractivity contribution in [2.24, 2.45) is 0 Å². The molecule has 0 N–H and O–H groups in total. The van der Waals surface area contributed by atoms with Gasteiger partial charge in [0.2, 0.25) is 5.91 Å². The number of carbonyl (C=O) groups is 1. The zero-order valence-electron chi connectivity index (χ0n) is 14.8. The normalized spacial score (nSPS) is 13.5. The fourth-order valence-electron chi connectivity index (χ4n) is 3.31. The molecular formula is C20H13F5N2O2. The summed E-state index contributed by atoms with van der Waals surface area (Å²) in [6.45, 7) is 0.300. The van der Waals surface area contributed by atoms with Gasteiger partial charge in [-0.3, -0.25) is 4.79 Å². The number of aromatic nitrogens is 1. The average molecular weight is 408 g/mol. The van der Waals surface area contributed by atoms with E-state index in [1.54, 1.807) is 0 Å². The highest BCUT2D eigenvalue weighted by Crippen LogP contribution is 2.32. The number of rotatable bonds is 3. The van der Waals surface area contributed by atoms with Gasteiger partial charge in [-0.05, 0) is 29.8 Å². The molecular weight excluding hydrogens is 395 g/mol. The largest absolute Gasteiger partial charge is 0.360 e. The summed E-state index contributed by atoms with van der Waals surface area (Å²) in [7, 11) is 0. The Kier molecular flexibility index (Phi) is 4.81. The first-order chi connectivity index (χ1) is 13.8. The number of hydrogen-bond donors (Lipinski definition) is 0. The summed E-state index contributed by atoms with van der Waals surface area (Å²) in [5.74, 6) is -5.87. The van der Waals surface area contributed by atoms with E-state index in [9.17, 15) is 26.7 Å². The van der Waals surface area contributed by atoms with Crippen molar-refractivity contribution in [2.75, 3.05) is 6.54 Å². The van der Waals surface area contributed by atoms with Gasteiger partial charge in [0.25, 0.3) is 0 Å². The molecule has 3 aromatic rings. The van der Waals surface area contributed by atoms with Crippen molar-refractivity contribution in [3.05, 3.63) is 76.3 Å². The molecule has 29 heavy (non-hydrogen) atoms. The van der Waals surface area contributed by atoms with Gasteiger partial charge in [-0.2, -0.15) is 0 Å². The summed E-state index contributed by atoms with van der Waals surface area (Å²) in [4.78, 5) is 14.0. The SMILES string of the molecule is O=C(Cc1cc(F)c(F)c(F)c1)N1CCc2onc(-c3ccc(F)cc3F)c2C1. The third-order valence-electron chi connectivity index (χ3n) is 4.77. The van der Waals surface area contributed by atoms with Crippen molar-refractivity contribution in [3.63, 3.8) is 0 Å². The highest BCUT2D eigenvalue weighted by molar-refractivity contribution is 5.79. The number of fused-ring (bicyclic) bond motifs is 1. The molecule has 0 spiro atoms. The van der Waals surface area contributed by atoms with Crippen molar-refractivity contribution >= 4 is 5.91 Å². The highest BCUT2D eigenvalue weighted by Gasteiger charge is 2.29. The molecule has 0 saturated heterocycles. The molecule has 0 aliphatic carbocycles. The second-order valence-electron chi connectivity index (χ2n) is 6.67. The van der Waals surface area contributed by atoms with Gasteiger partial charge in [0, 0.05) is 30.2 Å². The summed E-state index contributed by atoms with van der Waals surface area (Å²) in [6.07, 6.45) is -0.0298. The molecule has 0 bridgehead atoms. The Morgan fingerprint density at radius 3 is 2.45 bits per heavy atom. The van der Waals surface area contributed by atoms with Crippen molar-refractivity contribution in [1.29, 1.82) is 0 Å². The molecule has 0 atom stereocenters. The third kappa shape index (κ3) is 3.59. The van der Waals surface area contributed by atoms with Crippen LogP contribution in [-0.4, -0.2) is 22.5 Å². The molecule has 1 amide bonds. The lowest BCUT2D eigenvalue weighted by Gasteiger charge is -2.26. The van der Waals surface area contributed by atoms with E-state index in [1.807, 2.05) is 0 Å². The molecule has 9 heteroatoms. The molecule has 0 fully saturated rings. The summed E-state index contributed by atoms with van der Waals surface area (Å²) in [5.41, 5.74) is 0.668. The maximum atomic E-state index is 14.1. The predicted molar refractivity (Wildman–Crippen MR) is 91.0 cm³/mol. The fourth-order valence-corrected chi connectivity index (χ4v) is 3.31. The highest BCUT2D eigenvalue weighted by atomic mass is 19.2. The number of nitrogens with zero attached hydrogens (tertiary/aromatic N) is 2. The number of carbonyl (C=O) groups excluding carboxylic acids is 1. The van der Waals surface area contributed by atoms with Crippen molar-refractivity contribution < 1.29 is 31.3 Å². The van der Waals surface area contributed by atoms with E-state index in [4.69, 9.17) is 4.52 Å². The lowest BCUT2D eigenvalue weighted by atomic mass is 10.0. The van der Waals surface area contributed by atoms with Gasteiger partial charge >= 0.3 is 0 Å². The van der Waals surface area contributed by atoms with Gasteiger partial charge in [0.05, 0.1) is 13.0 Å². The number of amides is 1. The topological polar surface area (TPSA) is 46.3 Å². The molecule has 1 aliphatic heterocycles. The quantitative estimate of drug-likeness (QED) is 0.483. The van der Waals surface area contributed by atoms with Gasteiger partial charge in [0.15, 0.2) is 17.5 Å². The predicted octanol–water partition coefficient (Wildman–Crippen LogP) is 4.16. The number of halogens is 5. The Morgan fingerprint density at radius 1 is 1.03 bits per heavy atom. The molecule has 0 saturated carbocycles. The van der Waals surface area contributed by atoms with E-state index >= 15 is 0 Å². The van der Waals surface area contributed by atoms with Crippen LogP contribution in [0, 0.1) is 29.1 Å². The molecule has 1 aliphatic rings. The summed E-state index contributed by atoms with van der Waals surface area (Å²) in [6, 6.07) is 4.57. The molecule has 4 rings (SSSR count). The Balaban J connectivity index is 1.57. The van der Waals surface area contributed by atoms with Crippen LogP contribution in [0.25, 0.3) is 11.3 Å². The molecule has 1 aromatic heterocycles. The van der Waals surface area contributed by atoms with Gasteiger partial charge in [-0.25, -0.2) is 22.0 Å². The van der Waals surface area contributed by atoms with Crippen LogP contribution in [0.5, 0.6) is 0 Å². The Labute approximate surface area is 161 Å². The average Bonchev–Trinajstić information content (AvgIpc) is 3.09. The molecule has 0 radical (unpaired) electrons. The summed E-state index contributed by atoms with van der Waals surface area (Å²) in [5, 5.41) is 3.85. The minimum absolute atomic E-state index is 0.00711. The third-order valence-corrected chi connectivity index (χ3v) is 4.77. The van der Waals surface area contributed by atoms with E-state index in [1.165, 1.54) is 11.0 Å². The van der Waals surface area contributed by atoms with Crippen LogP contribution in [0.4, 0.5) is 22.0 Å². The Morgan fingerprint density at radius 2 is 1.76 bits per heavy atom. The van der Waals surface area contributed by atoms with E-state index < -0.39 is 35.0 Å². The van der Waals surface area contributed by atoms with Crippen LogP contribution in [0.3, 0.4) is 0 Å². The smallest absolute Gasteiger partial charge is 0.227 e. The van der Waals surface area contributed by atoms with Crippen molar-refractivity contribution in [2.45, 2.75) is 19.4 Å². The summed E-state index contributed by atoms with van der Waals surface area (Å²) < 4.78 is 72.4. The molecule has 4 nitrogen and oxygen atoms in total. The van der Waals surface area contributed by atoms with Crippen molar-refractivity contribution in [1.82, 2.24) is 10.1 Å². The van der Waals surface area contributed by atoms with Crippen LogP contribution < -0.4 is 0 Å². The van der Waals surface area contributed by atoms with Gasteiger partial charge in [-0.15, -0.1) is 0 Å². The first kappa shape index (κ1) is 19.1.